The van der Waals surface area contributed by atoms with Crippen LogP contribution in [0.2, 0.25) is 5.02 Å². The zero-order valence-corrected chi connectivity index (χ0v) is 17.1. The van der Waals surface area contributed by atoms with E-state index in [-0.39, 0.29) is 52.7 Å². The lowest BCUT2D eigenvalue weighted by atomic mass is 10.1. The lowest BCUT2D eigenvalue weighted by molar-refractivity contribution is -0.0440. The number of benzene rings is 1. The van der Waals surface area contributed by atoms with Crippen LogP contribution >= 0.6 is 11.6 Å². The number of hydrogen-bond acceptors (Lipinski definition) is 5. The number of ether oxygens (including phenoxy) is 2. The van der Waals surface area contributed by atoms with Crippen LogP contribution in [0.15, 0.2) is 23.1 Å². The first-order valence-corrected chi connectivity index (χ1v) is 10.9. The molecule has 2 heterocycles. The Morgan fingerprint density at radius 3 is 2.59 bits per heavy atom. The Bertz CT molecular complexity index is 785. The first-order valence-electron chi connectivity index (χ1n) is 9.11. The predicted octanol–water partition coefficient (Wildman–Crippen LogP) is 2.05. The van der Waals surface area contributed by atoms with E-state index in [0.717, 1.165) is 12.8 Å². The topological polar surface area (TPSA) is 84.9 Å². The van der Waals surface area contributed by atoms with Crippen LogP contribution in [0.25, 0.3) is 0 Å². The highest BCUT2D eigenvalue weighted by molar-refractivity contribution is 7.89. The Morgan fingerprint density at radius 2 is 1.96 bits per heavy atom. The Morgan fingerprint density at radius 1 is 1.26 bits per heavy atom. The van der Waals surface area contributed by atoms with Crippen molar-refractivity contribution < 1.29 is 22.7 Å². The summed E-state index contributed by atoms with van der Waals surface area (Å²) in [5.41, 5.74) is 0.262. The van der Waals surface area contributed by atoms with Crippen molar-refractivity contribution in [2.45, 2.75) is 49.8 Å². The molecule has 0 spiro atoms. The average molecular weight is 417 g/mol. The summed E-state index contributed by atoms with van der Waals surface area (Å²) in [4.78, 5) is 12.5. The smallest absolute Gasteiger partial charge is 0.251 e. The summed E-state index contributed by atoms with van der Waals surface area (Å²) in [6.45, 7) is 5.32. The molecule has 1 aromatic carbocycles. The second-order valence-corrected chi connectivity index (χ2v) is 9.43. The van der Waals surface area contributed by atoms with Gasteiger partial charge in [0.1, 0.15) is 4.90 Å². The van der Waals surface area contributed by atoms with Gasteiger partial charge in [0.15, 0.2) is 0 Å². The van der Waals surface area contributed by atoms with Gasteiger partial charge < -0.3 is 14.8 Å². The molecule has 3 rings (SSSR count). The lowest BCUT2D eigenvalue weighted by Crippen LogP contribution is -2.48. The molecule has 2 fully saturated rings. The van der Waals surface area contributed by atoms with Crippen LogP contribution in [0, 0.1) is 0 Å². The van der Waals surface area contributed by atoms with Gasteiger partial charge in [-0.05, 0) is 44.9 Å². The van der Waals surface area contributed by atoms with Gasteiger partial charge in [-0.15, -0.1) is 0 Å². The molecule has 1 amide bonds. The van der Waals surface area contributed by atoms with E-state index in [9.17, 15) is 13.2 Å². The van der Waals surface area contributed by atoms with Crippen LogP contribution in [0.1, 0.15) is 37.0 Å². The molecule has 1 N–H and O–H groups in total. The molecule has 0 radical (unpaired) electrons. The van der Waals surface area contributed by atoms with Crippen molar-refractivity contribution in [1.82, 2.24) is 9.62 Å². The minimum atomic E-state index is -3.83. The molecular formula is C18H25ClN2O5S. The molecule has 150 valence electrons. The van der Waals surface area contributed by atoms with Crippen LogP contribution in [0.4, 0.5) is 0 Å². The van der Waals surface area contributed by atoms with E-state index in [1.165, 1.54) is 22.5 Å². The van der Waals surface area contributed by atoms with E-state index in [1.807, 2.05) is 13.8 Å². The van der Waals surface area contributed by atoms with Gasteiger partial charge in [0.25, 0.3) is 5.91 Å². The molecule has 27 heavy (non-hydrogen) atoms. The van der Waals surface area contributed by atoms with Crippen LogP contribution in [0.5, 0.6) is 0 Å². The molecule has 0 aliphatic carbocycles. The van der Waals surface area contributed by atoms with Gasteiger partial charge >= 0.3 is 0 Å². The quantitative estimate of drug-likeness (QED) is 0.811. The fourth-order valence-electron chi connectivity index (χ4n) is 3.43. The second-order valence-electron chi connectivity index (χ2n) is 7.11. The molecule has 2 aliphatic heterocycles. The van der Waals surface area contributed by atoms with Crippen molar-refractivity contribution >= 4 is 27.5 Å². The molecule has 2 saturated heterocycles. The zero-order valence-electron chi connectivity index (χ0n) is 15.5. The number of amides is 1. The van der Waals surface area contributed by atoms with Crippen molar-refractivity contribution in [2.75, 3.05) is 26.3 Å². The standard InChI is InChI=1S/C18H25ClN2O5S/c1-12-9-21(10-13(2)26-12)27(23,24)17-8-14(5-6-16(17)19)18(22)20-15-4-3-7-25-11-15/h5-6,8,12-13,15H,3-4,7,9-11H2,1-2H3,(H,20,22). The number of hydrogen-bond donors (Lipinski definition) is 1. The number of rotatable bonds is 4. The molecule has 2 aliphatic rings. The fraction of sp³-hybridized carbons (Fsp3) is 0.611. The number of carbonyl (C=O) groups excluding carboxylic acids is 1. The average Bonchev–Trinajstić information content (AvgIpc) is 2.62. The van der Waals surface area contributed by atoms with Crippen LogP contribution in [0.3, 0.4) is 0 Å². The molecule has 9 heteroatoms. The maximum absolute atomic E-state index is 13.1. The molecular weight excluding hydrogens is 392 g/mol. The van der Waals surface area contributed by atoms with Gasteiger partial charge in [-0.25, -0.2) is 8.42 Å². The zero-order chi connectivity index (χ0) is 19.6. The Kier molecular flexibility index (Phi) is 6.43. The minimum absolute atomic E-state index is 0.0574. The van der Waals surface area contributed by atoms with Crippen molar-refractivity contribution in [3.05, 3.63) is 28.8 Å². The van der Waals surface area contributed by atoms with E-state index in [0.29, 0.717) is 13.2 Å². The van der Waals surface area contributed by atoms with Crippen molar-refractivity contribution in [3.63, 3.8) is 0 Å². The molecule has 7 nitrogen and oxygen atoms in total. The molecule has 3 atom stereocenters. The molecule has 3 unspecified atom stereocenters. The summed E-state index contributed by atoms with van der Waals surface area (Å²) in [7, 11) is -3.83. The predicted molar refractivity (Wildman–Crippen MR) is 102 cm³/mol. The number of nitrogens with zero attached hydrogens (tertiary/aromatic N) is 1. The molecule has 0 aromatic heterocycles. The Balaban J connectivity index is 1.82. The first-order chi connectivity index (χ1) is 12.8. The maximum Gasteiger partial charge on any atom is 0.251 e. The van der Waals surface area contributed by atoms with E-state index in [1.54, 1.807) is 0 Å². The van der Waals surface area contributed by atoms with Crippen LogP contribution < -0.4 is 5.32 Å². The van der Waals surface area contributed by atoms with Gasteiger partial charge in [0.05, 0.1) is 29.9 Å². The first kappa shape index (κ1) is 20.5. The number of morpholine rings is 1. The van der Waals surface area contributed by atoms with Crippen molar-refractivity contribution in [1.29, 1.82) is 0 Å². The van der Waals surface area contributed by atoms with Crippen molar-refractivity contribution in [2.24, 2.45) is 0 Å². The van der Waals surface area contributed by atoms with Crippen LogP contribution in [-0.4, -0.2) is 63.2 Å². The monoisotopic (exact) mass is 416 g/mol. The highest BCUT2D eigenvalue weighted by Gasteiger charge is 2.34. The highest BCUT2D eigenvalue weighted by atomic mass is 35.5. The van der Waals surface area contributed by atoms with E-state index in [2.05, 4.69) is 5.32 Å². The third-order valence-electron chi connectivity index (χ3n) is 4.69. The normalized spacial score (nSPS) is 27.3. The fourth-order valence-corrected chi connectivity index (χ4v) is 5.52. The maximum atomic E-state index is 13.1. The largest absolute Gasteiger partial charge is 0.379 e. The SMILES string of the molecule is CC1CN(S(=O)(=O)c2cc(C(=O)NC3CCCOC3)ccc2Cl)CC(C)O1. The highest BCUT2D eigenvalue weighted by Crippen LogP contribution is 2.28. The number of sulfonamides is 1. The lowest BCUT2D eigenvalue weighted by Gasteiger charge is -2.34. The Labute approximate surface area is 165 Å². The summed E-state index contributed by atoms with van der Waals surface area (Å²) >= 11 is 6.18. The molecule has 1 aromatic rings. The summed E-state index contributed by atoms with van der Waals surface area (Å²) in [5, 5.41) is 2.99. The van der Waals surface area contributed by atoms with Gasteiger partial charge in [-0.2, -0.15) is 4.31 Å². The third kappa shape index (κ3) is 4.81. The van der Waals surface area contributed by atoms with Gasteiger partial charge in [-0.3, -0.25) is 4.79 Å². The number of halogens is 1. The minimum Gasteiger partial charge on any atom is -0.379 e. The summed E-state index contributed by atoms with van der Waals surface area (Å²) < 4.78 is 38.5. The van der Waals surface area contributed by atoms with Crippen LogP contribution in [-0.2, 0) is 19.5 Å². The van der Waals surface area contributed by atoms with E-state index in [4.69, 9.17) is 21.1 Å². The summed E-state index contributed by atoms with van der Waals surface area (Å²) in [5.74, 6) is -0.331. The van der Waals surface area contributed by atoms with Gasteiger partial charge in [0.2, 0.25) is 10.0 Å². The molecule has 0 bridgehead atoms. The third-order valence-corrected chi connectivity index (χ3v) is 7.01. The number of carbonyl (C=O) groups is 1. The van der Waals surface area contributed by atoms with Gasteiger partial charge in [-0.1, -0.05) is 11.6 Å². The second kappa shape index (κ2) is 8.45. The van der Waals surface area contributed by atoms with E-state index < -0.39 is 10.0 Å². The Hall–Kier alpha value is -1.19. The molecule has 0 saturated carbocycles. The number of nitrogens with one attached hydrogen (secondary N) is 1. The van der Waals surface area contributed by atoms with E-state index >= 15 is 0 Å². The summed E-state index contributed by atoms with van der Waals surface area (Å²) in [6, 6.07) is 4.27. The summed E-state index contributed by atoms with van der Waals surface area (Å²) in [6.07, 6.45) is 1.31. The van der Waals surface area contributed by atoms with Gasteiger partial charge in [0, 0.05) is 25.3 Å². The van der Waals surface area contributed by atoms with Crippen molar-refractivity contribution in [3.8, 4) is 0 Å².